The summed E-state index contributed by atoms with van der Waals surface area (Å²) in [5, 5.41) is 16.0. The molecule has 0 aliphatic carbocycles. The van der Waals surface area contributed by atoms with Gasteiger partial charge in [0.2, 0.25) is 0 Å². The van der Waals surface area contributed by atoms with Crippen LogP contribution in [0.15, 0.2) is 34.4 Å². The third kappa shape index (κ3) is 2.69. The van der Waals surface area contributed by atoms with Crippen molar-refractivity contribution in [1.29, 1.82) is 0 Å². The Morgan fingerprint density at radius 3 is 3.12 bits per heavy atom. The van der Waals surface area contributed by atoms with Gasteiger partial charge in [-0.1, -0.05) is 0 Å². The van der Waals surface area contributed by atoms with Crippen molar-refractivity contribution in [2.75, 3.05) is 6.54 Å². The first-order chi connectivity index (χ1) is 7.77. The highest BCUT2D eigenvalue weighted by molar-refractivity contribution is 7.09. The van der Waals surface area contributed by atoms with Crippen LogP contribution in [-0.2, 0) is 0 Å². The molecule has 2 heterocycles. The van der Waals surface area contributed by atoms with Crippen LogP contribution in [0, 0.1) is 0 Å². The lowest BCUT2D eigenvalue weighted by Gasteiger charge is -2.13. The summed E-state index contributed by atoms with van der Waals surface area (Å²) in [6, 6.07) is 3.67. The Bertz CT molecular complexity index is 359. The third-order valence-electron chi connectivity index (χ3n) is 2.31. The van der Waals surface area contributed by atoms with Crippen LogP contribution in [-0.4, -0.2) is 16.6 Å². The fourth-order valence-corrected chi connectivity index (χ4v) is 2.08. The number of hydrogen-bond donors (Lipinski definition) is 2. The zero-order valence-electron chi connectivity index (χ0n) is 8.96. The molecule has 0 aliphatic rings. The SMILES string of the molecule is CC(NCC(O)c1ccco1)c1nccs1. The Kier molecular flexibility index (Phi) is 3.71. The Labute approximate surface area is 97.9 Å². The minimum Gasteiger partial charge on any atom is -0.467 e. The van der Waals surface area contributed by atoms with Crippen LogP contribution in [0.4, 0.5) is 0 Å². The number of aromatic nitrogens is 1. The fraction of sp³-hybridized carbons (Fsp3) is 0.364. The second-order valence-electron chi connectivity index (χ2n) is 3.53. The van der Waals surface area contributed by atoms with Crippen molar-refractivity contribution >= 4 is 11.3 Å². The number of aliphatic hydroxyl groups excluding tert-OH is 1. The fourth-order valence-electron chi connectivity index (χ4n) is 1.41. The second kappa shape index (κ2) is 5.25. The summed E-state index contributed by atoms with van der Waals surface area (Å²) >= 11 is 1.60. The number of furan rings is 1. The van der Waals surface area contributed by atoms with Crippen LogP contribution < -0.4 is 5.32 Å². The maximum absolute atomic E-state index is 9.78. The summed E-state index contributed by atoms with van der Waals surface area (Å²) in [6.45, 7) is 2.47. The molecule has 0 aromatic carbocycles. The molecule has 0 fully saturated rings. The van der Waals surface area contributed by atoms with E-state index in [1.54, 1.807) is 35.9 Å². The van der Waals surface area contributed by atoms with Gasteiger partial charge in [0.1, 0.15) is 16.9 Å². The summed E-state index contributed by atoms with van der Waals surface area (Å²) in [5.41, 5.74) is 0. The number of rotatable bonds is 5. The van der Waals surface area contributed by atoms with Gasteiger partial charge < -0.3 is 14.8 Å². The molecule has 2 aromatic heterocycles. The van der Waals surface area contributed by atoms with Crippen LogP contribution in [0.2, 0.25) is 0 Å². The summed E-state index contributed by atoms with van der Waals surface area (Å²) < 4.78 is 5.12. The van der Waals surface area contributed by atoms with Gasteiger partial charge in [-0.05, 0) is 19.1 Å². The first-order valence-corrected chi connectivity index (χ1v) is 5.99. The van der Waals surface area contributed by atoms with E-state index in [4.69, 9.17) is 4.42 Å². The molecule has 5 heteroatoms. The number of hydrogen-bond acceptors (Lipinski definition) is 5. The Hall–Kier alpha value is -1.17. The van der Waals surface area contributed by atoms with E-state index in [1.807, 2.05) is 12.3 Å². The molecule has 0 saturated carbocycles. The maximum Gasteiger partial charge on any atom is 0.133 e. The van der Waals surface area contributed by atoms with Crippen molar-refractivity contribution < 1.29 is 9.52 Å². The molecule has 0 spiro atoms. The minimum atomic E-state index is -0.614. The molecule has 2 aromatic rings. The smallest absolute Gasteiger partial charge is 0.133 e. The van der Waals surface area contributed by atoms with Gasteiger partial charge in [0.05, 0.1) is 12.3 Å². The van der Waals surface area contributed by atoms with Crippen molar-refractivity contribution in [2.45, 2.75) is 19.1 Å². The van der Waals surface area contributed by atoms with E-state index in [0.29, 0.717) is 12.3 Å². The monoisotopic (exact) mass is 238 g/mol. The topological polar surface area (TPSA) is 58.3 Å². The van der Waals surface area contributed by atoms with Gasteiger partial charge in [-0.2, -0.15) is 0 Å². The zero-order valence-corrected chi connectivity index (χ0v) is 9.78. The van der Waals surface area contributed by atoms with E-state index in [1.165, 1.54) is 0 Å². The molecule has 0 saturated heterocycles. The number of aliphatic hydroxyl groups is 1. The van der Waals surface area contributed by atoms with Crippen LogP contribution in [0.3, 0.4) is 0 Å². The van der Waals surface area contributed by atoms with Crippen molar-refractivity contribution in [3.63, 3.8) is 0 Å². The average Bonchev–Trinajstić information content (AvgIpc) is 2.95. The van der Waals surface area contributed by atoms with E-state index in [0.717, 1.165) is 5.01 Å². The summed E-state index contributed by atoms with van der Waals surface area (Å²) in [6.07, 6.45) is 2.72. The minimum absolute atomic E-state index is 0.143. The van der Waals surface area contributed by atoms with Gasteiger partial charge in [-0.15, -0.1) is 11.3 Å². The van der Waals surface area contributed by atoms with E-state index < -0.39 is 6.10 Å². The van der Waals surface area contributed by atoms with Crippen molar-refractivity contribution in [2.24, 2.45) is 0 Å². The van der Waals surface area contributed by atoms with Gasteiger partial charge >= 0.3 is 0 Å². The van der Waals surface area contributed by atoms with Gasteiger partial charge in [-0.3, -0.25) is 0 Å². The van der Waals surface area contributed by atoms with Crippen LogP contribution in [0.25, 0.3) is 0 Å². The molecular formula is C11H14N2O2S. The number of nitrogens with one attached hydrogen (secondary N) is 1. The molecule has 4 nitrogen and oxygen atoms in total. The molecule has 0 aliphatic heterocycles. The van der Waals surface area contributed by atoms with Crippen LogP contribution in [0.1, 0.15) is 29.8 Å². The normalized spacial score (nSPS) is 14.9. The van der Waals surface area contributed by atoms with E-state index in [9.17, 15) is 5.11 Å². The molecule has 2 rings (SSSR count). The van der Waals surface area contributed by atoms with Gasteiger partial charge in [0.15, 0.2) is 0 Å². The predicted molar refractivity (Wildman–Crippen MR) is 62.2 cm³/mol. The summed E-state index contributed by atoms with van der Waals surface area (Å²) in [4.78, 5) is 4.21. The summed E-state index contributed by atoms with van der Waals surface area (Å²) in [5.74, 6) is 0.582. The second-order valence-corrected chi connectivity index (χ2v) is 4.46. The quantitative estimate of drug-likeness (QED) is 0.837. The van der Waals surface area contributed by atoms with Gasteiger partial charge in [0, 0.05) is 18.1 Å². The first kappa shape index (κ1) is 11.3. The molecule has 0 radical (unpaired) electrons. The van der Waals surface area contributed by atoms with Crippen molar-refractivity contribution in [3.05, 3.63) is 40.7 Å². The predicted octanol–water partition coefficient (Wildman–Crippen LogP) is 2.12. The van der Waals surface area contributed by atoms with Gasteiger partial charge in [-0.25, -0.2) is 4.98 Å². The first-order valence-electron chi connectivity index (χ1n) is 5.11. The summed E-state index contributed by atoms with van der Waals surface area (Å²) in [7, 11) is 0. The third-order valence-corrected chi connectivity index (χ3v) is 3.27. The highest BCUT2D eigenvalue weighted by atomic mass is 32.1. The highest BCUT2D eigenvalue weighted by Crippen LogP contribution is 2.17. The van der Waals surface area contributed by atoms with Gasteiger partial charge in [0.25, 0.3) is 0 Å². The largest absolute Gasteiger partial charge is 0.467 e. The standard InChI is InChI=1S/C11H14N2O2S/c1-8(11-12-4-6-16-11)13-7-9(14)10-3-2-5-15-10/h2-6,8-9,13-14H,7H2,1H3. The molecule has 16 heavy (non-hydrogen) atoms. The lowest BCUT2D eigenvalue weighted by atomic mass is 10.2. The van der Waals surface area contributed by atoms with Crippen molar-refractivity contribution in [1.82, 2.24) is 10.3 Å². The van der Waals surface area contributed by atoms with Crippen LogP contribution >= 0.6 is 11.3 Å². The lowest BCUT2D eigenvalue weighted by molar-refractivity contribution is 0.144. The number of thiazole rings is 1. The molecule has 0 amide bonds. The number of nitrogens with zero attached hydrogens (tertiary/aromatic N) is 1. The molecule has 0 bridgehead atoms. The molecular weight excluding hydrogens is 224 g/mol. The Balaban J connectivity index is 1.84. The Morgan fingerprint density at radius 1 is 1.62 bits per heavy atom. The van der Waals surface area contributed by atoms with E-state index >= 15 is 0 Å². The Morgan fingerprint density at radius 2 is 2.50 bits per heavy atom. The average molecular weight is 238 g/mol. The van der Waals surface area contributed by atoms with E-state index in [-0.39, 0.29) is 6.04 Å². The molecule has 2 atom stereocenters. The zero-order chi connectivity index (χ0) is 11.4. The molecule has 2 N–H and O–H groups in total. The maximum atomic E-state index is 9.78. The van der Waals surface area contributed by atoms with E-state index in [2.05, 4.69) is 10.3 Å². The lowest BCUT2D eigenvalue weighted by Crippen LogP contribution is -2.24. The molecule has 86 valence electrons. The van der Waals surface area contributed by atoms with Crippen LogP contribution in [0.5, 0.6) is 0 Å². The highest BCUT2D eigenvalue weighted by Gasteiger charge is 2.13. The molecule has 2 unspecified atom stereocenters. The van der Waals surface area contributed by atoms with Crippen molar-refractivity contribution in [3.8, 4) is 0 Å².